The molecule has 1 saturated heterocycles. The molecule has 0 aromatic carbocycles. The largest absolute Gasteiger partial charge is 0.369 e. The Hall–Kier alpha value is -1.09. The average Bonchev–Trinajstić information content (AvgIpc) is 2.25. The first-order valence-corrected chi connectivity index (χ1v) is 7.36. The van der Waals surface area contributed by atoms with Gasteiger partial charge in [0.05, 0.1) is 11.9 Å². The fraction of sp³-hybridized carbons (Fsp3) is 0.688. The zero-order valence-electron chi connectivity index (χ0n) is 12.6. The molecule has 2 heterocycles. The summed E-state index contributed by atoms with van der Waals surface area (Å²) in [6, 6.07) is 5.22. The van der Waals surface area contributed by atoms with Crippen molar-refractivity contribution >= 4 is 5.69 Å². The molecular formula is C16H25N3. The molecule has 2 aliphatic rings. The first kappa shape index (κ1) is 12.9. The molecule has 1 aliphatic carbocycles. The number of rotatable bonds is 3. The number of hydrogen-bond acceptors (Lipinski definition) is 3. The molecule has 19 heavy (non-hydrogen) atoms. The molecule has 1 aromatic heterocycles. The van der Waals surface area contributed by atoms with E-state index >= 15 is 0 Å². The van der Waals surface area contributed by atoms with Gasteiger partial charge in [0.15, 0.2) is 0 Å². The molecular weight excluding hydrogens is 234 g/mol. The molecule has 1 aliphatic heterocycles. The minimum atomic E-state index is 0.518. The molecule has 0 amide bonds. The predicted octanol–water partition coefficient (Wildman–Crippen LogP) is 2.74. The van der Waals surface area contributed by atoms with Gasteiger partial charge in [0.1, 0.15) is 0 Å². The second-order valence-corrected chi connectivity index (χ2v) is 6.98. The summed E-state index contributed by atoms with van der Waals surface area (Å²) in [5.74, 6) is 0.518. The summed E-state index contributed by atoms with van der Waals surface area (Å²) in [5.41, 5.74) is 3.10. The van der Waals surface area contributed by atoms with Crippen molar-refractivity contribution in [3.05, 3.63) is 24.0 Å². The number of pyridine rings is 1. The maximum Gasteiger partial charge on any atom is 0.0553 e. The van der Waals surface area contributed by atoms with Crippen LogP contribution in [0.4, 0.5) is 5.69 Å². The van der Waals surface area contributed by atoms with Crippen LogP contribution in [-0.4, -0.2) is 43.1 Å². The highest BCUT2D eigenvalue weighted by Gasteiger charge is 2.52. The van der Waals surface area contributed by atoms with Crippen molar-refractivity contribution in [1.82, 2.24) is 9.88 Å². The third kappa shape index (κ3) is 2.25. The van der Waals surface area contributed by atoms with Crippen LogP contribution in [0.3, 0.4) is 0 Å². The summed E-state index contributed by atoms with van der Waals surface area (Å²) in [4.78, 5) is 9.41. The molecule has 0 atom stereocenters. The van der Waals surface area contributed by atoms with Crippen molar-refractivity contribution in [2.75, 3.05) is 32.1 Å². The Balaban J connectivity index is 1.56. The standard InChI is InChI=1S/C16H25N3/c1-12(2)15-6-5-13(9-17-15)19-10-16(11-19)7-14(8-16)18(3)4/h5-6,9,12,14H,7-8,10-11H2,1-4H3. The summed E-state index contributed by atoms with van der Waals surface area (Å²) in [6.45, 7) is 6.83. The van der Waals surface area contributed by atoms with E-state index in [0.29, 0.717) is 11.3 Å². The lowest BCUT2D eigenvalue weighted by molar-refractivity contribution is 0.00131. The lowest BCUT2D eigenvalue weighted by atomic mass is 9.60. The van der Waals surface area contributed by atoms with Gasteiger partial charge in [0.2, 0.25) is 0 Å². The third-order valence-electron chi connectivity index (χ3n) is 4.85. The molecule has 1 spiro atoms. The van der Waals surface area contributed by atoms with Crippen LogP contribution in [0.1, 0.15) is 38.3 Å². The smallest absolute Gasteiger partial charge is 0.0553 e. The van der Waals surface area contributed by atoms with Gasteiger partial charge in [-0.05, 0) is 45.0 Å². The molecule has 1 aromatic rings. The van der Waals surface area contributed by atoms with Gasteiger partial charge < -0.3 is 9.80 Å². The zero-order valence-corrected chi connectivity index (χ0v) is 12.6. The summed E-state index contributed by atoms with van der Waals surface area (Å²) in [7, 11) is 4.39. The number of aromatic nitrogens is 1. The molecule has 0 radical (unpaired) electrons. The molecule has 3 heteroatoms. The van der Waals surface area contributed by atoms with E-state index in [1.165, 1.54) is 37.3 Å². The molecule has 0 bridgehead atoms. The van der Waals surface area contributed by atoms with Gasteiger partial charge >= 0.3 is 0 Å². The Morgan fingerprint density at radius 3 is 2.42 bits per heavy atom. The fourth-order valence-electron chi connectivity index (χ4n) is 3.44. The van der Waals surface area contributed by atoms with Gasteiger partial charge in [0.25, 0.3) is 0 Å². The van der Waals surface area contributed by atoms with Gasteiger partial charge in [-0.1, -0.05) is 13.8 Å². The zero-order chi connectivity index (χ0) is 13.6. The summed E-state index contributed by atoms with van der Waals surface area (Å²) >= 11 is 0. The Morgan fingerprint density at radius 2 is 1.95 bits per heavy atom. The molecule has 2 fully saturated rings. The highest BCUT2D eigenvalue weighted by molar-refractivity contribution is 5.49. The van der Waals surface area contributed by atoms with Gasteiger partial charge in [-0.15, -0.1) is 0 Å². The van der Waals surface area contributed by atoms with E-state index in [1.54, 1.807) is 0 Å². The van der Waals surface area contributed by atoms with Gasteiger partial charge in [0, 0.05) is 30.2 Å². The van der Waals surface area contributed by atoms with E-state index in [0.717, 1.165) is 6.04 Å². The van der Waals surface area contributed by atoms with Crippen LogP contribution >= 0.6 is 0 Å². The normalized spacial score (nSPS) is 21.9. The van der Waals surface area contributed by atoms with E-state index in [4.69, 9.17) is 0 Å². The minimum Gasteiger partial charge on any atom is -0.369 e. The maximum atomic E-state index is 4.57. The lowest BCUT2D eigenvalue weighted by Gasteiger charge is -2.61. The Labute approximate surface area is 116 Å². The lowest BCUT2D eigenvalue weighted by Crippen LogP contribution is -2.66. The quantitative estimate of drug-likeness (QED) is 0.832. The van der Waals surface area contributed by atoms with Crippen molar-refractivity contribution in [3.63, 3.8) is 0 Å². The second-order valence-electron chi connectivity index (χ2n) is 6.98. The molecule has 104 valence electrons. The van der Waals surface area contributed by atoms with E-state index in [9.17, 15) is 0 Å². The fourth-order valence-corrected chi connectivity index (χ4v) is 3.44. The van der Waals surface area contributed by atoms with Crippen LogP contribution in [-0.2, 0) is 0 Å². The van der Waals surface area contributed by atoms with Gasteiger partial charge in [-0.2, -0.15) is 0 Å². The predicted molar refractivity (Wildman–Crippen MR) is 79.7 cm³/mol. The molecule has 0 unspecified atom stereocenters. The van der Waals surface area contributed by atoms with E-state index in [-0.39, 0.29) is 0 Å². The number of hydrogen-bond donors (Lipinski definition) is 0. The first-order valence-electron chi connectivity index (χ1n) is 7.36. The third-order valence-corrected chi connectivity index (χ3v) is 4.85. The van der Waals surface area contributed by atoms with Crippen LogP contribution in [0.25, 0.3) is 0 Å². The van der Waals surface area contributed by atoms with Crippen molar-refractivity contribution in [2.45, 2.75) is 38.6 Å². The number of nitrogens with zero attached hydrogens (tertiary/aromatic N) is 3. The number of anilines is 1. The van der Waals surface area contributed by atoms with Crippen LogP contribution in [0.15, 0.2) is 18.3 Å². The monoisotopic (exact) mass is 259 g/mol. The summed E-state index contributed by atoms with van der Waals surface area (Å²) < 4.78 is 0. The Bertz CT molecular complexity index is 436. The summed E-state index contributed by atoms with van der Waals surface area (Å²) in [5, 5.41) is 0. The topological polar surface area (TPSA) is 19.4 Å². The molecule has 1 saturated carbocycles. The van der Waals surface area contributed by atoms with Crippen LogP contribution in [0.2, 0.25) is 0 Å². The SMILES string of the molecule is CC(C)c1ccc(N2CC3(CC(N(C)C)C3)C2)cn1. The second kappa shape index (κ2) is 4.48. The molecule has 3 rings (SSSR count). The van der Waals surface area contributed by atoms with Crippen LogP contribution in [0, 0.1) is 5.41 Å². The van der Waals surface area contributed by atoms with E-state index < -0.39 is 0 Å². The van der Waals surface area contributed by atoms with Gasteiger partial charge in [-0.25, -0.2) is 0 Å². The van der Waals surface area contributed by atoms with E-state index in [1.807, 2.05) is 6.20 Å². The average molecular weight is 259 g/mol. The van der Waals surface area contributed by atoms with Crippen molar-refractivity contribution in [3.8, 4) is 0 Å². The Morgan fingerprint density at radius 1 is 1.26 bits per heavy atom. The van der Waals surface area contributed by atoms with Gasteiger partial charge in [-0.3, -0.25) is 4.98 Å². The van der Waals surface area contributed by atoms with Crippen LogP contribution in [0.5, 0.6) is 0 Å². The van der Waals surface area contributed by atoms with Crippen molar-refractivity contribution < 1.29 is 0 Å². The van der Waals surface area contributed by atoms with Crippen molar-refractivity contribution in [1.29, 1.82) is 0 Å². The highest BCUT2D eigenvalue weighted by atomic mass is 15.2. The minimum absolute atomic E-state index is 0.518. The first-order chi connectivity index (χ1) is 8.99. The maximum absolute atomic E-state index is 4.57. The molecule has 3 nitrogen and oxygen atoms in total. The summed E-state index contributed by atoms with van der Waals surface area (Å²) in [6.07, 6.45) is 4.78. The Kier molecular flexibility index (Phi) is 3.05. The molecule has 0 N–H and O–H groups in total. The van der Waals surface area contributed by atoms with Crippen molar-refractivity contribution in [2.24, 2.45) is 5.41 Å². The highest BCUT2D eigenvalue weighted by Crippen LogP contribution is 2.50. The van der Waals surface area contributed by atoms with E-state index in [2.05, 4.69) is 54.9 Å². The van der Waals surface area contributed by atoms with Crippen LogP contribution < -0.4 is 4.90 Å².